The second kappa shape index (κ2) is 5.80. The topological polar surface area (TPSA) is 34.9 Å². The predicted octanol–water partition coefficient (Wildman–Crippen LogP) is 3.91. The van der Waals surface area contributed by atoms with Gasteiger partial charge in [-0.2, -0.15) is 5.10 Å². The zero-order chi connectivity index (χ0) is 14.9. The van der Waals surface area contributed by atoms with Crippen molar-refractivity contribution in [1.82, 2.24) is 9.78 Å². The number of hydrogen-bond acceptors (Lipinski definition) is 2. The summed E-state index contributed by atoms with van der Waals surface area (Å²) in [5.41, 5.74) is 4.50. The minimum atomic E-state index is 0.0824. The maximum absolute atomic E-state index is 12.5. The van der Waals surface area contributed by atoms with Crippen molar-refractivity contribution in [3.05, 3.63) is 51.3 Å². The van der Waals surface area contributed by atoms with Gasteiger partial charge in [0.25, 0.3) is 0 Å². The highest BCUT2D eigenvalue weighted by Crippen LogP contribution is 2.22. The molecule has 0 saturated carbocycles. The minimum Gasteiger partial charge on any atom is -0.294 e. The van der Waals surface area contributed by atoms with Crippen LogP contribution >= 0.6 is 11.6 Å². The first-order chi connectivity index (χ1) is 9.43. The predicted molar refractivity (Wildman–Crippen MR) is 81.6 cm³/mol. The fraction of sp³-hybridized carbons (Fsp3) is 0.375. The van der Waals surface area contributed by atoms with E-state index < -0.39 is 0 Å². The van der Waals surface area contributed by atoms with Crippen LogP contribution in [0.3, 0.4) is 0 Å². The first kappa shape index (κ1) is 14.8. The molecule has 0 fully saturated rings. The van der Waals surface area contributed by atoms with Crippen LogP contribution in [-0.2, 0) is 13.0 Å². The van der Waals surface area contributed by atoms with Crippen molar-refractivity contribution in [3.8, 4) is 0 Å². The third kappa shape index (κ3) is 2.78. The van der Waals surface area contributed by atoms with Crippen molar-refractivity contribution in [1.29, 1.82) is 0 Å². The average Bonchev–Trinajstić information content (AvgIpc) is 2.66. The molecule has 0 radical (unpaired) electrons. The van der Waals surface area contributed by atoms with E-state index in [-0.39, 0.29) is 12.2 Å². The van der Waals surface area contributed by atoms with Gasteiger partial charge in [-0.05, 0) is 33.3 Å². The molecule has 0 aliphatic rings. The van der Waals surface area contributed by atoms with Gasteiger partial charge in [0, 0.05) is 12.1 Å². The third-order valence-corrected chi connectivity index (χ3v) is 3.95. The molecule has 1 aromatic heterocycles. The maximum atomic E-state index is 12.5. The van der Waals surface area contributed by atoms with Gasteiger partial charge < -0.3 is 0 Å². The Bertz CT molecular complexity index is 659. The molecule has 0 amide bonds. The highest BCUT2D eigenvalue weighted by atomic mass is 35.5. The van der Waals surface area contributed by atoms with E-state index >= 15 is 0 Å². The fourth-order valence-corrected chi connectivity index (χ4v) is 2.61. The Hall–Kier alpha value is -1.61. The number of ketones is 1. The summed E-state index contributed by atoms with van der Waals surface area (Å²) in [6.07, 6.45) is 0.289. The van der Waals surface area contributed by atoms with Crippen LogP contribution in [0.15, 0.2) is 18.2 Å². The SMILES string of the molecule is CCn1nc(C)c(Cl)c1CC(=O)c1ccc(C)cc1C. The van der Waals surface area contributed by atoms with Crippen molar-refractivity contribution in [3.63, 3.8) is 0 Å². The first-order valence-corrected chi connectivity index (χ1v) is 7.14. The second-order valence-electron chi connectivity index (χ2n) is 5.08. The normalized spacial score (nSPS) is 10.8. The fourth-order valence-electron chi connectivity index (χ4n) is 2.41. The average molecular weight is 291 g/mol. The number of aryl methyl sites for hydroxylation is 4. The van der Waals surface area contributed by atoms with Crippen LogP contribution < -0.4 is 0 Å². The van der Waals surface area contributed by atoms with Crippen molar-refractivity contribution >= 4 is 17.4 Å². The third-order valence-electron chi connectivity index (χ3n) is 3.46. The number of benzene rings is 1. The molecule has 0 aliphatic carbocycles. The van der Waals surface area contributed by atoms with Gasteiger partial charge in [0.15, 0.2) is 5.78 Å². The van der Waals surface area contributed by atoms with Crippen LogP contribution in [0.25, 0.3) is 0 Å². The van der Waals surface area contributed by atoms with Crippen molar-refractivity contribution < 1.29 is 4.79 Å². The van der Waals surface area contributed by atoms with Crippen LogP contribution in [0, 0.1) is 20.8 Å². The number of carbonyl (C=O) groups excluding carboxylic acids is 1. The van der Waals surface area contributed by atoms with E-state index in [0.717, 1.165) is 28.1 Å². The van der Waals surface area contributed by atoms with E-state index in [1.807, 2.05) is 45.9 Å². The molecule has 0 N–H and O–H groups in total. The Kier molecular flexibility index (Phi) is 4.29. The summed E-state index contributed by atoms with van der Waals surface area (Å²) in [4.78, 5) is 12.5. The van der Waals surface area contributed by atoms with Gasteiger partial charge in [-0.1, -0.05) is 35.4 Å². The molecule has 0 spiro atoms. The molecule has 0 aliphatic heterocycles. The van der Waals surface area contributed by atoms with Crippen LogP contribution in [0.2, 0.25) is 5.02 Å². The van der Waals surface area contributed by atoms with Crippen LogP contribution in [0.1, 0.15) is 39.8 Å². The summed E-state index contributed by atoms with van der Waals surface area (Å²) in [5.74, 6) is 0.0824. The van der Waals surface area contributed by atoms with E-state index in [4.69, 9.17) is 11.6 Å². The van der Waals surface area contributed by atoms with E-state index in [0.29, 0.717) is 11.6 Å². The summed E-state index contributed by atoms with van der Waals surface area (Å²) in [7, 11) is 0. The summed E-state index contributed by atoms with van der Waals surface area (Å²) in [6.45, 7) is 8.55. The van der Waals surface area contributed by atoms with E-state index in [2.05, 4.69) is 5.10 Å². The van der Waals surface area contributed by atoms with E-state index in [9.17, 15) is 4.79 Å². The zero-order valence-electron chi connectivity index (χ0n) is 12.3. The molecular formula is C16H19ClN2O. The molecule has 1 aromatic carbocycles. The Morgan fingerprint density at radius 3 is 2.60 bits per heavy atom. The largest absolute Gasteiger partial charge is 0.294 e. The van der Waals surface area contributed by atoms with Crippen molar-refractivity contribution in [2.45, 2.75) is 40.7 Å². The molecule has 3 nitrogen and oxygen atoms in total. The van der Waals surface area contributed by atoms with Crippen LogP contribution in [0.5, 0.6) is 0 Å². The lowest BCUT2D eigenvalue weighted by Crippen LogP contribution is -2.11. The van der Waals surface area contributed by atoms with Gasteiger partial charge in [0.1, 0.15) is 0 Å². The number of halogens is 1. The summed E-state index contributed by atoms with van der Waals surface area (Å²) < 4.78 is 1.80. The molecule has 2 aromatic rings. The van der Waals surface area contributed by atoms with Gasteiger partial charge >= 0.3 is 0 Å². The first-order valence-electron chi connectivity index (χ1n) is 6.76. The Morgan fingerprint density at radius 2 is 2.00 bits per heavy atom. The molecule has 20 heavy (non-hydrogen) atoms. The van der Waals surface area contributed by atoms with Gasteiger partial charge in [-0.15, -0.1) is 0 Å². The standard InChI is InChI=1S/C16H19ClN2O/c1-5-19-14(16(17)12(4)18-19)9-15(20)13-7-6-10(2)8-11(13)3/h6-8H,5,9H2,1-4H3. The molecule has 0 bridgehead atoms. The highest BCUT2D eigenvalue weighted by Gasteiger charge is 2.18. The van der Waals surface area contributed by atoms with Crippen molar-refractivity contribution in [2.24, 2.45) is 0 Å². The minimum absolute atomic E-state index is 0.0824. The number of hydrogen-bond donors (Lipinski definition) is 0. The number of aromatic nitrogens is 2. The summed E-state index contributed by atoms with van der Waals surface area (Å²) >= 11 is 6.25. The lowest BCUT2D eigenvalue weighted by molar-refractivity contribution is 0.0990. The Labute approximate surface area is 124 Å². The molecule has 2 rings (SSSR count). The van der Waals surface area contributed by atoms with Gasteiger partial charge in [-0.25, -0.2) is 0 Å². The van der Waals surface area contributed by atoms with Gasteiger partial charge in [0.05, 0.1) is 22.8 Å². The van der Waals surface area contributed by atoms with Crippen molar-refractivity contribution in [2.75, 3.05) is 0 Å². The second-order valence-corrected chi connectivity index (χ2v) is 5.46. The Morgan fingerprint density at radius 1 is 1.30 bits per heavy atom. The lowest BCUT2D eigenvalue weighted by atomic mass is 9.99. The van der Waals surface area contributed by atoms with Gasteiger partial charge in [0.2, 0.25) is 0 Å². The Balaban J connectivity index is 2.32. The lowest BCUT2D eigenvalue weighted by Gasteiger charge is -2.08. The molecule has 106 valence electrons. The number of nitrogens with zero attached hydrogens (tertiary/aromatic N) is 2. The number of Topliss-reactive ketones (excluding diaryl/α,β-unsaturated/α-hetero) is 1. The molecule has 0 unspecified atom stereocenters. The van der Waals surface area contributed by atoms with E-state index in [1.165, 1.54) is 0 Å². The number of rotatable bonds is 4. The highest BCUT2D eigenvalue weighted by molar-refractivity contribution is 6.32. The van der Waals surface area contributed by atoms with E-state index in [1.54, 1.807) is 4.68 Å². The molecule has 0 atom stereocenters. The van der Waals surface area contributed by atoms with Gasteiger partial charge in [-0.3, -0.25) is 9.48 Å². The molecule has 1 heterocycles. The zero-order valence-corrected chi connectivity index (χ0v) is 13.1. The maximum Gasteiger partial charge on any atom is 0.169 e. The summed E-state index contributed by atoms with van der Waals surface area (Å²) in [6, 6.07) is 5.88. The van der Waals surface area contributed by atoms with Crippen LogP contribution in [0.4, 0.5) is 0 Å². The smallest absolute Gasteiger partial charge is 0.169 e. The molecule has 0 saturated heterocycles. The number of carbonyl (C=O) groups is 1. The molecular weight excluding hydrogens is 272 g/mol. The summed E-state index contributed by atoms with van der Waals surface area (Å²) in [5, 5.41) is 4.95. The van der Waals surface area contributed by atoms with Crippen LogP contribution in [-0.4, -0.2) is 15.6 Å². The quantitative estimate of drug-likeness (QED) is 0.800. The molecule has 4 heteroatoms. The monoisotopic (exact) mass is 290 g/mol.